The number of benzene rings is 1. The SMILES string of the molecule is Cc1cc(Br)ccc1C(=O)NCC1(CC(=O)O)CCC1. The Morgan fingerprint density at radius 2 is 2.10 bits per heavy atom. The Kier molecular flexibility index (Phi) is 4.48. The Hall–Kier alpha value is -1.36. The zero-order valence-electron chi connectivity index (χ0n) is 11.4. The van der Waals surface area contributed by atoms with Crippen molar-refractivity contribution in [3.63, 3.8) is 0 Å². The molecule has 1 saturated carbocycles. The molecule has 0 unspecified atom stereocenters. The van der Waals surface area contributed by atoms with E-state index in [-0.39, 0.29) is 17.7 Å². The molecule has 0 aliphatic heterocycles. The van der Waals surface area contributed by atoms with Crippen molar-refractivity contribution in [2.45, 2.75) is 32.6 Å². The van der Waals surface area contributed by atoms with Crippen LogP contribution in [0.15, 0.2) is 22.7 Å². The number of carbonyl (C=O) groups is 2. The van der Waals surface area contributed by atoms with E-state index in [1.54, 1.807) is 6.07 Å². The Morgan fingerprint density at radius 3 is 2.60 bits per heavy atom. The fourth-order valence-electron chi connectivity index (χ4n) is 2.66. The van der Waals surface area contributed by atoms with Crippen LogP contribution in [0.25, 0.3) is 0 Å². The lowest BCUT2D eigenvalue weighted by molar-refractivity contribution is -0.141. The largest absolute Gasteiger partial charge is 0.481 e. The molecule has 4 nitrogen and oxygen atoms in total. The number of aryl methyl sites for hydroxylation is 1. The van der Waals surface area contributed by atoms with Gasteiger partial charge in [0, 0.05) is 16.6 Å². The zero-order valence-corrected chi connectivity index (χ0v) is 13.0. The van der Waals surface area contributed by atoms with Gasteiger partial charge in [-0.05, 0) is 48.9 Å². The molecule has 1 aromatic carbocycles. The van der Waals surface area contributed by atoms with Gasteiger partial charge in [0.1, 0.15) is 0 Å². The Morgan fingerprint density at radius 1 is 1.40 bits per heavy atom. The molecule has 0 bridgehead atoms. The number of carboxylic acids is 1. The molecule has 0 saturated heterocycles. The second-order valence-corrected chi connectivity index (χ2v) is 6.48. The summed E-state index contributed by atoms with van der Waals surface area (Å²) in [5, 5.41) is 11.8. The molecule has 0 atom stereocenters. The summed E-state index contributed by atoms with van der Waals surface area (Å²) in [6.45, 7) is 2.32. The molecule has 1 fully saturated rings. The average molecular weight is 340 g/mol. The van der Waals surface area contributed by atoms with Crippen molar-refractivity contribution in [3.05, 3.63) is 33.8 Å². The molecule has 2 N–H and O–H groups in total. The summed E-state index contributed by atoms with van der Waals surface area (Å²) in [5.74, 6) is -0.926. The van der Waals surface area contributed by atoms with Crippen LogP contribution in [-0.4, -0.2) is 23.5 Å². The highest BCUT2D eigenvalue weighted by Crippen LogP contribution is 2.43. The summed E-state index contributed by atoms with van der Waals surface area (Å²) in [6.07, 6.45) is 2.92. The van der Waals surface area contributed by atoms with Crippen molar-refractivity contribution in [2.24, 2.45) is 5.41 Å². The van der Waals surface area contributed by atoms with Crippen LogP contribution in [-0.2, 0) is 4.79 Å². The number of carbonyl (C=O) groups excluding carboxylic acids is 1. The molecule has 1 aromatic rings. The summed E-state index contributed by atoms with van der Waals surface area (Å²) in [4.78, 5) is 23.1. The molecule has 1 aliphatic rings. The van der Waals surface area contributed by atoms with E-state index in [1.165, 1.54) is 0 Å². The number of amides is 1. The van der Waals surface area contributed by atoms with Crippen LogP contribution in [0.4, 0.5) is 0 Å². The maximum atomic E-state index is 12.2. The van der Waals surface area contributed by atoms with Gasteiger partial charge in [-0.3, -0.25) is 9.59 Å². The third-order valence-corrected chi connectivity index (χ3v) is 4.49. The van der Waals surface area contributed by atoms with E-state index in [0.29, 0.717) is 12.1 Å². The van der Waals surface area contributed by atoms with Crippen LogP contribution in [0, 0.1) is 12.3 Å². The number of rotatable bonds is 5. The summed E-state index contributed by atoms with van der Waals surface area (Å²) in [6, 6.07) is 5.50. The third-order valence-electron chi connectivity index (χ3n) is 4.00. The van der Waals surface area contributed by atoms with Gasteiger partial charge in [-0.2, -0.15) is 0 Å². The number of aliphatic carboxylic acids is 1. The van der Waals surface area contributed by atoms with Gasteiger partial charge in [0.15, 0.2) is 0 Å². The van der Waals surface area contributed by atoms with Gasteiger partial charge in [0.25, 0.3) is 5.91 Å². The molecule has 0 heterocycles. The van der Waals surface area contributed by atoms with E-state index in [1.807, 2.05) is 19.1 Å². The number of hydrogen-bond donors (Lipinski definition) is 2. The normalized spacial score (nSPS) is 16.3. The van der Waals surface area contributed by atoms with Crippen LogP contribution >= 0.6 is 15.9 Å². The topological polar surface area (TPSA) is 66.4 Å². The van der Waals surface area contributed by atoms with E-state index in [9.17, 15) is 9.59 Å². The number of hydrogen-bond acceptors (Lipinski definition) is 2. The van der Waals surface area contributed by atoms with Crippen LogP contribution in [0.1, 0.15) is 41.6 Å². The van der Waals surface area contributed by atoms with Crippen molar-refractivity contribution in [3.8, 4) is 0 Å². The molecule has 108 valence electrons. The molecular formula is C15H18BrNO3. The lowest BCUT2D eigenvalue weighted by Crippen LogP contribution is -2.43. The fourth-order valence-corrected chi connectivity index (χ4v) is 3.13. The third kappa shape index (κ3) is 3.39. The van der Waals surface area contributed by atoms with E-state index in [2.05, 4.69) is 21.2 Å². The molecule has 0 spiro atoms. The maximum Gasteiger partial charge on any atom is 0.303 e. The highest BCUT2D eigenvalue weighted by molar-refractivity contribution is 9.10. The molecule has 1 amide bonds. The molecule has 1 aliphatic carbocycles. The molecule has 2 rings (SSSR count). The van der Waals surface area contributed by atoms with E-state index in [4.69, 9.17) is 5.11 Å². The van der Waals surface area contributed by atoms with Crippen LogP contribution < -0.4 is 5.32 Å². The quantitative estimate of drug-likeness (QED) is 0.865. The first kappa shape index (κ1) is 15.0. The summed E-state index contributed by atoms with van der Waals surface area (Å²) in [5.41, 5.74) is 1.29. The number of carboxylic acid groups (broad SMARTS) is 1. The number of nitrogens with one attached hydrogen (secondary N) is 1. The van der Waals surface area contributed by atoms with Gasteiger partial charge in [-0.15, -0.1) is 0 Å². The van der Waals surface area contributed by atoms with Gasteiger partial charge in [-0.25, -0.2) is 0 Å². The van der Waals surface area contributed by atoms with Gasteiger partial charge in [0.2, 0.25) is 0 Å². The lowest BCUT2D eigenvalue weighted by atomic mass is 9.66. The van der Waals surface area contributed by atoms with Crippen molar-refractivity contribution in [2.75, 3.05) is 6.54 Å². The minimum absolute atomic E-state index is 0.132. The highest BCUT2D eigenvalue weighted by Gasteiger charge is 2.39. The van der Waals surface area contributed by atoms with E-state index < -0.39 is 5.97 Å². The minimum Gasteiger partial charge on any atom is -0.481 e. The Labute approximate surface area is 126 Å². The maximum absolute atomic E-state index is 12.2. The summed E-state index contributed by atoms with van der Waals surface area (Å²) < 4.78 is 0.938. The minimum atomic E-state index is -0.793. The monoisotopic (exact) mass is 339 g/mol. The predicted molar refractivity (Wildman–Crippen MR) is 79.7 cm³/mol. The second-order valence-electron chi connectivity index (χ2n) is 5.57. The first-order valence-corrected chi connectivity index (χ1v) is 7.47. The summed E-state index contributed by atoms with van der Waals surface area (Å²) >= 11 is 3.37. The van der Waals surface area contributed by atoms with Crippen molar-refractivity contribution in [1.29, 1.82) is 0 Å². The van der Waals surface area contributed by atoms with Gasteiger partial charge in [-0.1, -0.05) is 22.4 Å². The first-order chi connectivity index (χ1) is 9.42. The van der Waals surface area contributed by atoms with Crippen molar-refractivity contribution in [1.82, 2.24) is 5.32 Å². The zero-order chi connectivity index (χ0) is 14.8. The van der Waals surface area contributed by atoms with E-state index >= 15 is 0 Å². The summed E-state index contributed by atoms with van der Waals surface area (Å²) in [7, 11) is 0. The molecule has 20 heavy (non-hydrogen) atoms. The Bertz CT molecular complexity index is 538. The van der Waals surface area contributed by atoms with Crippen LogP contribution in [0.3, 0.4) is 0 Å². The second kappa shape index (κ2) is 5.95. The fraction of sp³-hybridized carbons (Fsp3) is 0.467. The standard InChI is InChI=1S/C15H18BrNO3/c1-10-7-11(16)3-4-12(10)14(20)17-9-15(5-2-6-15)8-13(18)19/h3-4,7H,2,5-6,8-9H2,1H3,(H,17,20)(H,18,19). The predicted octanol–water partition coefficient (Wildman–Crippen LogP) is 3.13. The number of halogens is 1. The van der Waals surface area contributed by atoms with Crippen LogP contribution in [0.2, 0.25) is 0 Å². The highest BCUT2D eigenvalue weighted by atomic mass is 79.9. The Balaban J connectivity index is 1.99. The lowest BCUT2D eigenvalue weighted by Gasteiger charge is -2.40. The van der Waals surface area contributed by atoms with Crippen LogP contribution in [0.5, 0.6) is 0 Å². The average Bonchev–Trinajstić information content (AvgIpc) is 2.31. The first-order valence-electron chi connectivity index (χ1n) is 6.68. The molecular weight excluding hydrogens is 322 g/mol. The molecule has 5 heteroatoms. The van der Waals surface area contributed by atoms with Crippen molar-refractivity contribution < 1.29 is 14.7 Å². The smallest absolute Gasteiger partial charge is 0.303 e. The van der Waals surface area contributed by atoms with E-state index in [0.717, 1.165) is 29.3 Å². The molecule has 0 aromatic heterocycles. The van der Waals surface area contributed by atoms with Gasteiger partial charge < -0.3 is 10.4 Å². The molecule has 0 radical (unpaired) electrons. The van der Waals surface area contributed by atoms with Crippen molar-refractivity contribution >= 4 is 27.8 Å². The van der Waals surface area contributed by atoms with Gasteiger partial charge in [0.05, 0.1) is 6.42 Å². The van der Waals surface area contributed by atoms with Gasteiger partial charge >= 0.3 is 5.97 Å².